The number of anilines is 1. The van der Waals surface area contributed by atoms with Crippen molar-refractivity contribution in [2.24, 2.45) is 0 Å². The number of rotatable bonds is 5. The van der Waals surface area contributed by atoms with E-state index in [1.54, 1.807) is 30.0 Å². The van der Waals surface area contributed by atoms with Gasteiger partial charge < -0.3 is 10.4 Å². The second-order valence-corrected chi connectivity index (χ2v) is 8.98. The van der Waals surface area contributed by atoms with E-state index in [-0.39, 0.29) is 0 Å². The van der Waals surface area contributed by atoms with Gasteiger partial charge >= 0.3 is 0 Å². The zero-order valence-electron chi connectivity index (χ0n) is 15.6. The fourth-order valence-corrected chi connectivity index (χ4v) is 5.19. The molecule has 3 heterocycles. The molecule has 0 bridgehead atoms. The van der Waals surface area contributed by atoms with Crippen LogP contribution in [0.15, 0.2) is 5.16 Å². The summed E-state index contributed by atoms with van der Waals surface area (Å²) in [5.74, 6) is 1.23. The van der Waals surface area contributed by atoms with Crippen LogP contribution in [0.3, 0.4) is 0 Å². The quantitative estimate of drug-likeness (QED) is 0.500. The predicted octanol–water partition coefficient (Wildman–Crippen LogP) is 4.37. The maximum absolute atomic E-state index is 9.66. The second kappa shape index (κ2) is 6.94. The van der Waals surface area contributed by atoms with Crippen molar-refractivity contribution < 1.29 is 5.11 Å². The highest BCUT2D eigenvalue weighted by Gasteiger charge is 2.25. The molecule has 138 valence electrons. The van der Waals surface area contributed by atoms with Crippen LogP contribution in [0.1, 0.15) is 49.9 Å². The van der Waals surface area contributed by atoms with Gasteiger partial charge in [0.15, 0.2) is 5.16 Å². The summed E-state index contributed by atoms with van der Waals surface area (Å²) in [5.41, 5.74) is 5.14. The van der Waals surface area contributed by atoms with Gasteiger partial charge in [-0.15, -0.1) is 11.3 Å². The molecule has 0 radical (unpaired) electrons. The van der Waals surface area contributed by atoms with Gasteiger partial charge in [0.05, 0.1) is 16.3 Å². The molecule has 0 amide bonds. The molecule has 1 aliphatic rings. The number of hydrogen-bond donors (Lipinski definition) is 2. The first-order chi connectivity index (χ1) is 12.5. The molecule has 0 spiro atoms. The van der Waals surface area contributed by atoms with Crippen molar-refractivity contribution >= 4 is 49.3 Å². The maximum Gasteiger partial charge on any atom is 0.189 e. The molecular formula is C19H24N4OS2. The molecule has 3 aromatic heterocycles. The van der Waals surface area contributed by atoms with Crippen LogP contribution in [0.2, 0.25) is 0 Å². The lowest BCUT2D eigenvalue weighted by Gasteiger charge is -2.12. The summed E-state index contributed by atoms with van der Waals surface area (Å²) in [5, 5.41) is 14.9. The first-order valence-corrected chi connectivity index (χ1v) is 11.2. The van der Waals surface area contributed by atoms with Gasteiger partial charge in [0.25, 0.3) is 0 Å². The van der Waals surface area contributed by atoms with E-state index in [2.05, 4.69) is 24.1 Å². The highest BCUT2D eigenvalue weighted by atomic mass is 32.2. The minimum Gasteiger partial charge on any atom is -0.392 e. The number of thioether (sulfide) groups is 1. The van der Waals surface area contributed by atoms with Crippen molar-refractivity contribution in [1.82, 2.24) is 15.0 Å². The Labute approximate surface area is 161 Å². The van der Waals surface area contributed by atoms with E-state index < -0.39 is 6.10 Å². The lowest BCUT2D eigenvalue weighted by Crippen LogP contribution is -2.16. The number of fused-ring (bicyclic) bond motifs is 5. The Hall–Kier alpha value is -1.44. The monoisotopic (exact) mass is 388 g/mol. The molecule has 0 aliphatic heterocycles. The lowest BCUT2D eigenvalue weighted by atomic mass is 9.99. The highest BCUT2D eigenvalue weighted by molar-refractivity contribution is 7.98. The van der Waals surface area contributed by atoms with E-state index >= 15 is 0 Å². The maximum atomic E-state index is 9.66. The largest absolute Gasteiger partial charge is 0.392 e. The average molecular weight is 389 g/mol. The number of thiophene rings is 1. The van der Waals surface area contributed by atoms with Crippen LogP contribution in [0.25, 0.3) is 20.4 Å². The minimum atomic E-state index is -0.429. The molecule has 1 atom stereocenters. The van der Waals surface area contributed by atoms with Crippen LogP contribution in [-0.2, 0) is 12.8 Å². The molecule has 0 fully saturated rings. The molecule has 1 unspecified atom stereocenters. The first-order valence-electron chi connectivity index (χ1n) is 9.11. The molecule has 0 saturated heterocycles. The number of hydrogen-bond acceptors (Lipinski definition) is 7. The van der Waals surface area contributed by atoms with E-state index in [1.165, 1.54) is 28.6 Å². The standard InChI is InChI=1S/C19H24N4OS2/c1-9(2)14-12-7-5-6-11(12)13-15-16(26-18(13)21-14)17(20-8-10(3)24)23-19(22-15)25-4/h9-10,24H,5-8H2,1-4H3,(H,20,22,23). The van der Waals surface area contributed by atoms with Gasteiger partial charge in [0.2, 0.25) is 0 Å². The molecule has 5 nitrogen and oxygen atoms in total. The third kappa shape index (κ3) is 2.96. The summed E-state index contributed by atoms with van der Waals surface area (Å²) in [4.78, 5) is 15.6. The molecule has 4 rings (SSSR count). The summed E-state index contributed by atoms with van der Waals surface area (Å²) in [6, 6.07) is 0. The van der Waals surface area contributed by atoms with E-state index in [1.807, 2.05) is 6.26 Å². The average Bonchev–Trinajstić information content (AvgIpc) is 3.22. The number of aromatic nitrogens is 3. The Morgan fingerprint density at radius 3 is 2.62 bits per heavy atom. The molecule has 0 saturated carbocycles. The van der Waals surface area contributed by atoms with Crippen LogP contribution in [0, 0.1) is 0 Å². The summed E-state index contributed by atoms with van der Waals surface area (Å²) < 4.78 is 1.04. The Bertz CT molecular complexity index is 981. The molecule has 26 heavy (non-hydrogen) atoms. The van der Waals surface area contributed by atoms with E-state index in [0.29, 0.717) is 12.5 Å². The molecule has 3 aromatic rings. The Morgan fingerprint density at radius 1 is 1.15 bits per heavy atom. The van der Waals surface area contributed by atoms with Gasteiger partial charge in [-0.05, 0) is 49.5 Å². The molecule has 1 aliphatic carbocycles. The number of nitrogens with zero attached hydrogens (tertiary/aromatic N) is 3. The predicted molar refractivity (Wildman–Crippen MR) is 111 cm³/mol. The summed E-state index contributed by atoms with van der Waals surface area (Å²) in [6.07, 6.45) is 4.99. The van der Waals surface area contributed by atoms with Crippen molar-refractivity contribution in [3.8, 4) is 0 Å². The lowest BCUT2D eigenvalue weighted by molar-refractivity contribution is 0.208. The molecular weight excluding hydrogens is 364 g/mol. The normalized spacial score (nSPS) is 15.2. The number of aliphatic hydroxyl groups excluding tert-OH is 1. The van der Waals surface area contributed by atoms with Crippen LogP contribution in [0.4, 0.5) is 5.82 Å². The fourth-order valence-electron chi connectivity index (χ4n) is 3.71. The Balaban J connectivity index is 2.01. The van der Waals surface area contributed by atoms with E-state index in [9.17, 15) is 5.11 Å². The molecule has 7 heteroatoms. The summed E-state index contributed by atoms with van der Waals surface area (Å²) in [7, 11) is 0. The zero-order valence-corrected chi connectivity index (χ0v) is 17.2. The Morgan fingerprint density at radius 2 is 1.92 bits per heavy atom. The highest BCUT2D eigenvalue weighted by Crippen LogP contribution is 2.43. The van der Waals surface area contributed by atoms with Gasteiger partial charge in [-0.2, -0.15) is 0 Å². The number of nitrogens with one attached hydrogen (secondary N) is 1. The summed E-state index contributed by atoms with van der Waals surface area (Å²) in [6.45, 7) is 6.69. The van der Waals surface area contributed by atoms with Crippen LogP contribution in [0.5, 0.6) is 0 Å². The van der Waals surface area contributed by atoms with Crippen LogP contribution >= 0.6 is 23.1 Å². The third-order valence-corrected chi connectivity index (χ3v) is 6.47. The summed E-state index contributed by atoms with van der Waals surface area (Å²) >= 11 is 3.21. The van der Waals surface area contributed by atoms with E-state index in [4.69, 9.17) is 9.97 Å². The molecule has 0 aromatic carbocycles. The van der Waals surface area contributed by atoms with Crippen LogP contribution < -0.4 is 5.32 Å². The van der Waals surface area contributed by atoms with E-state index in [0.717, 1.165) is 38.9 Å². The number of aliphatic hydroxyl groups is 1. The smallest absolute Gasteiger partial charge is 0.189 e. The van der Waals surface area contributed by atoms with Crippen molar-refractivity contribution in [3.05, 3.63) is 16.8 Å². The zero-order chi connectivity index (χ0) is 18.4. The van der Waals surface area contributed by atoms with Crippen LogP contribution in [-0.4, -0.2) is 39.0 Å². The first kappa shape index (κ1) is 17.9. The van der Waals surface area contributed by atoms with Crippen molar-refractivity contribution in [2.45, 2.75) is 57.2 Å². The Kier molecular flexibility index (Phi) is 4.79. The van der Waals surface area contributed by atoms with Gasteiger partial charge in [-0.25, -0.2) is 15.0 Å². The molecule has 2 N–H and O–H groups in total. The van der Waals surface area contributed by atoms with Gasteiger partial charge in [0, 0.05) is 17.6 Å². The van der Waals surface area contributed by atoms with Gasteiger partial charge in [0.1, 0.15) is 10.6 Å². The number of aryl methyl sites for hydroxylation is 1. The number of pyridine rings is 1. The minimum absolute atomic E-state index is 0.428. The van der Waals surface area contributed by atoms with Crippen molar-refractivity contribution in [2.75, 3.05) is 18.1 Å². The van der Waals surface area contributed by atoms with Gasteiger partial charge in [-0.1, -0.05) is 25.6 Å². The third-order valence-electron chi connectivity index (χ3n) is 4.84. The van der Waals surface area contributed by atoms with Crippen molar-refractivity contribution in [3.63, 3.8) is 0 Å². The SMILES string of the molecule is CSc1nc(NCC(C)O)c2sc3nc(C(C)C)c4c(c3c2n1)CCC4. The topological polar surface area (TPSA) is 70.9 Å². The second-order valence-electron chi connectivity index (χ2n) is 7.21. The fraction of sp³-hybridized carbons (Fsp3) is 0.526. The van der Waals surface area contributed by atoms with Crippen molar-refractivity contribution in [1.29, 1.82) is 0 Å². The van der Waals surface area contributed by atoms with Gasteiger partial charge in [-0.3, -0.25) is 0 Å².